The standard InChI is InChI=1S/C27H32N4O2/c1-2-10-28-25(5-1)22-31-14-12-30(13-15-31)20-23-8-9-27-24(19-23)21-29(16-18-33-27)11-3-6-26-7-4-17-32-26/h1-10,17,19H,11-16,18,20-22H2/b6-3+. The molecule has 2 aliphatic heterocycles. The van der Waals surface area contributed by atoms with E-state index in [4.69, 9.17) is 9.15 Å². The molecular formula is C27H32N4O2. The molecule has 1 fully saturated rings. The zero-order valence-corrected chi connectivity index (χ0v) is 19.1. The molecule has 2 aromatic heterocycles. The number of hydrogen-bond acceptors (Lipinski definition) is 6. The molecule has 0 radical (unpaired) electrons. The third-order valence-electron chi connectivity index (χ3n) is 6.36. The Balaban J connectivity index is 1.14. The lowest BCUT2D eigenvalue weighted by atomic mass is 10.1. The van der Waals surface area contributed by atoms with Crippen molar-refractivity contribution in [3.05, 3.63) is 89.6 Å². The Labute approximate surface area is 196 Å². The molecule has 2 aliphatic rings. The molecule has 172 valence electrons. The van der Waals surface area contributed by atoms with E-state index in [2.05, 4.69) is 56.1 Å². The van der Waals surface area contributed by atoms with Crippen LogP contribution in [0.2, 0.25) is 0 Å². The highest BCUT2D eigenvalue weighted by Gasteiger charge is 2.19. The number of rotatable bonds is 7. The molecule has 0 bridgehead atoms. The third-order valence-corrected chi connectivity index (χ3v) is 6.36. The average Bonchev–Trinajstić information content (AvgIpc) is 3.27. The van der Waals surface area contributed by atoms with Gasteiger partial charge in [-0.25, -0.2) is 0 Å². The molecule has 33 heavy (non-hydrogen) atoms. The normalized spacial score (nSPS) is 18.2. The molecule has 1 saturated heterocycles. The summed E-state index contributed by atoms with van der Waals surface area (Å²) in [6.45, 7) is 9.70. The average molecular weight is 445 g/mol. The van der Waals surface area contributed by atoms with Gasteiger partial charge in [-0.3, -0.25) is 19.7 Å². The van der Waals surface area contributed by atoms with E-state index in [0.717, 1.165) is 82.7 Å². The van der Waals surface area contributed by atoms with Crippen molar-refractivity contribution >= 4 is 6.08 Å². The van der Waals surface area contributed by atoms with Gasteiger partial charge in [-0.05, 0) is 48.0 Å². The number of pyridine rings is 1. The van der Waals surface area contributed by atoms with E-state index in [1.807, 2.05) is 30.5 Å². The molecule has 0 saturated carbocycles. The Bertz CT molecular complexity index is 1030. The number of nitrogens with zero attached hydrogens (tertiary/aromatic N) is 4. The topological polar surface area (TPSA) is 45.0 Å². The van der Waals surface area contributed by atoms with E-state index in [9.17, 15) is 0 Å². The molecule has 1 aromatic carbocycles. The summed E-state index contributed by atoms with van der Waals surface area (Å²) in [6.07, 6.45) is 7.79. The van der Waals surface area contributed by atoms with Gasteiger partial charge in [0.1, 0.15) is 18.1 Å². The first-order valence-electron chi connectivity index (χ1n) is 11.8. The first-order valence-corrected chi connectivity index (χ1v) is 11.8. The molecule has 0 atom stereocenters. The molecule has 0 spiro atoms. The van der Waals surface area contributed by atoms with Crippen LogP contribution in [0.25, 0.3) is 6.08 Å². The summed E-state index contributed by atoms with van der Waals surface area (Å²) in [4.78, 5) is 11.9. The van der Waals surface area contributed by atoms with Crippen LogP contribution in [0.15, 0.2) is 71.5 Å². The molecule has 0 unspecified atom stereocenters. The summed E-state index contributed by atoms with van der Waals surface area (Å²) in [7, 11) is 0. The van der Waals surface area contributed by atoms with Crippen molar-refractivity contribution in [1.82, 2.24) is 19.7 Å². The first kappa shape index (κ1) is 21.9. The molecule has 0 N–H and O–H groups in total. The van der Waals surface area contributed by atoms with Crippen LogP contribution in [-0.4, -0.2) is 65.6 Å². The highest BCUT2D eigenvalue weighted by Crippen LogP contribution is 2.25. The minimum Gasteiger partial charge on any atom is -0.492 e. The lowest BCUT2D eigenvalue weighted by Gasteiger charge is -2.34. The smallest absolute Gasteiger partial charge is 0.126 e. The van der Waals surface area contributed by atoms with Crippen LogP contribution in [0.3, 0.4) is 0 Å². The van der Waals surface area contributed by atoms with Crippen LogP contribution in [0.4, 0.5) is 0 Å². The van der Waals surface area contributed by atoms with E-state index in [0.29, 0.717) is 0 Å². The van der Waals surface area contributed by atoms with Gasteiger partial charge in [0.2, 0.25) is 0 Å². The Morgan fingerprint density at radius 3 is 2.55 bits per heavy atom. The Kier molecular flexibility index (Phi) is 7.16. The van der Waals surface area contributed by atoms with E-state index in [1.54, 1.807) is 6.26 Å². The number of ether oxygens (including phenoxy) is 1. The third kappa shape index (κ3) is 6.11. The predicted molar refractivity (Wildman–Crippen MR) is 130 cm³/mol. The van der Waals surface area contributed by atoms with Gasteiger partial charge in [0.05, 0.1) is 12.0 Å². The molecule has 0 amide bonds. The van der Waals surface area contributed by atoms with Crippen LogP contribution in [-0.2, 0) is 19.6 Å². The number of aromatic nitrogens is 1. The summed E-state index contributed by atoms with van der Waals surface area (Å²) >= 11 is 0. The molecule has 6 heteroatoms. The Morgan fingerprint density at radius 1 is 0.879 bits per heavy atom. The van der Waals surface area contributed by atoms with Crippen LogP contribution < -0.4 is 4.74 Å². The van der Waals surface area contributed by atoms with Gasteiger partial charge in [-0.1, -0.05) is 18.2 Å². The van der Waals surface area contributed by atoms with Crippen molar-refractivity contribution < 1.29 is 9.15 Å². The summed E-state index contributed by atoms with van der Waals surface area (Å²) in [5, 5.41) is 0. The second-order valence-corrected chi connectivity index (χ2v) is 8.82. The van der Waals surface area contributed by atoms with E-state index < -0.39 is 0 Å². The van der Waals surface area contributed by atoms with E-state index in [1.165, 1.54) is 11.1 Å². The van der Waals surface area contributed by atoms with Crippen LogP contribution in [0.1, 0.15) is 22.6 Å². The van der Waals surface area contributed by atoms with Gasteiger partial charge in [0.15, 0.2) is 0 Å². The number of hydrogen-bond donors (Lipinski definition) is 0. The maximum absolute atomic E-state index is 6.04. The molecular weight excluding hydrogens is 412 g/mol. The number of piperazine rings is 1. The largest absolute Gasteiger partial charge is 0.492 e. The first-order chi connectivity index (χ1) is 16.3. The van der Waals surface area contributed by atoms with Crippen molar-refractivity contribution in [1.29, 1.82) is 0 Å². The van der Waals surface area contributed by atoms with Gasteiger partial charge in [0, 0.05) is 70.7 Å². The maximum Gasteiger partial charge on any atom is 0.126 e. The van der Waals surface area contributed by atoms with Gasteiger partial charge >= 0.3 is 0 Å². The minimum absolute atomic E-state index is 0.721. The minimum atomic E-state index is 0.721. The van der Waals surface area contributed by atoms with Gasteiger partial charge in [-0.2, -0.15) is 0 Å². The monoisotopic (exact) mass is 444 g/mol. The SMILES string of the molecule is C(=C\c1ccco1)/CN1CCOc2ccc(CN3CCN(Cc4ccccn4)CC3)cc2C1. The fraction of sp³-hybridized carbons (Fsp3) is 0.370. The highest BCUT2D eigenvalue weighted by atomic mass is 16.5. The molecule has 4 heterocycles. The Morgan fingerprint density at radius 2 is 1.76 bits per heavy atom. The summed E-state index contributed by atoms with van der Waals surface area (Å²) < 4.78 is 11.4. The summed E-state index contributed by atoms with van der Waals surface area (Å²) in [6, 6.07) is 16.8. The molecule has 5 rings (SSSR count). The van der Waals surface area contributed by atoms with Crippen LogP contribution >= 0.6 is 0 Å². The van der Waals surface area contributed by atoms with Crippen molar-refractivity contribution in [2.45, 2.75) is 19.6 Å². The van der Waals surface area contributed by atoms with Crippen molar-refractivity contribution in [2.24, 2.45) is 0 Å². The van der Waals surface area contributed by atoms with Crippen LogP contribution in [0, 0.1) is 0 Å². The maximum atomic E-state index is 6.04. The van der Waals surface area contributed by atoms with Gasteiger partial charge in [0.25, 0.3) is 0 Å². The lowest BCUT2D eigenvalue weighted by molar-refractivity contribution is 0.121. The quantitative estimate of drug-likeness (QED) is 0.551. The van der Waals surface area contributed by atoms with E-state index >= 15 is 0 Å². The number of benzene rings is 1. The zero-order valence-electron chi connectivity index (χ0n) is 19.1. The van der Waals surface area contributed by atoms with Crippen molar-refractivity contribution in [3.63, 3.8) is 0 Å². The Hall–Kier alpha value is -2.93. The second kappa shape index (κ2) is 10.8. The van der Waals surface area contributed by atoms with Crippen LogP contribution in [0.5, 0.6) is 5.75 Å². The summed E-state index contributed by atoms with van der Waals surface area (Å²) in [5.74, 6) is 1.92. The second-order valence-electron chi connectivity index (χ2n) is 8.82. The highest BCUT2D eigenvalue weighted by molar-refractivity contribution is 5.42. The molecule has 6 nitrogen and oxygen atoms in total. The molecule has 0 aliphatic carbocycles. The fourth-order valence-electron chi connectivity index (χ4n) is 4.54. The fourth-order valence-corrected chi connectivity index (χ4v) is 4.54. The molecule has 3 aromatic rings. The van der Waals surface area contributed by atoms with E-state index in [-0.39, 0.29) is 0 Å². The number of fused-ring (bicyclic) bond motifs is 1. The summed E-state index contributed by atoms with van der Waals surface area (Å²) in [5.41, 5.74) is 3.80. The predicted octanol–water partition coefficient (Wildman–Crippen LogP) is 3.90. The lowest BCUT2D eigenvalue weighted by Crippen LogP contribution is -2.45. The van der Waals surface area contributed by atoms with Gasteiger partial charge in [-0.15, -0.1) is 0 Å². The zero-order chi connectivity index (χ0) is 22.3. The number of furan rings is 1. The van der Waals surface area contributed by atoms with Crippen molar-refractivity contribution in [3.8, 4) is 5.75 Å². The van der Waals surface area contributed by atoms with Gasteiger partial charge < -0.3 is 9.15 Å². The van der Waals surface area contributed by atoms with Crippen molar-refractivity contribution in [2.75, 3.05) is 45.9 Å².